The number of aromatic carboxylic acids is 1. The summed E-state index contributed by atoms with van der Waals surface area (Å²) in [6.07, 6.45) is 0. The number of benzene rings is 1. The molecule has 0 heterocycles. The molecular weight excluding hydrogens is 254 g/mol. The molecule has 1 aromatic rings. The van der Waals surface area contributed by atoms with Gasteiger partial charge in [-0.25, -0.2) is 13.2 Å². The first-order chi connectivity index (χ1) is 7.38. The maximum absolute atomic E-state index is 11.5. The third-order valence-electron chi connectivity index (χ3n) is 1.78. The van der Waals surface area contributed by atoms with Crippen LogP contribution >= 0.6 is 11.6 Å². The van der Waals surface area contributed by atoms with Crippen LogP contribution in [0.25, 0.3) is 0 Å². The number of nitrogens with zero attached hydrogens (tertiary/aromatic N) is 1. The Morgan fingerprint density at radius 1 is 1.50 bits per heavy atom. The van der Waals surface area contributed by atoms with Crippen molar-refractivity contribution in [2.24, 2.45) is 0 Å². The van der Waals surface area contributed by atoms with Crippen LogP contribution in [0, 0.1) is 11.3 Å². The summed E-state index contributed by atoms with van der Waals surface area (Å²) < 4.78 is 22.9. The van der Waals surface area contributed by atoms with Crippen molar-refractivity contribution in [1.29, 1.82) is 5.26 Å². The number of carboxylic acid groups (broad SMARTS) is 1. The number of nitriles is 1. The second-order valence-corrected chi connectivity index (χ2v) is 5.26. The molecule has 0 radical (unpaired) electrons. The Hall–Kier alpha value is -1.58. The molecule has 0 fully saturated rings. The third-order valence-corrected chi connectivity index (χ3v) is 3.59. The number of carboxylic acids is 1. The van der Waals surface area contributed by atoms with Gasteiger partial charge in [0.05, 0.1) is 21.6 Å². The van der Waals surface area contributed by atoms with E-state index in [-0.39, 0.29) is 15.5 Å². The predicted molar refractivity (Wildman–Crippen MR) is 56.1 cm³/mol. The van der Waals surface area contributed by atoms with Gasteiger partial charge in [0, 0.05) is 0 Å². The van der Waals surface area contributed by atoms with Gasteiger partial charge >= 0.3 is 5.97 Å². The summed E-state index contributed by atoms with van der Waals surface area (Å²) >= 11 is 5.58. The van der Waals surface area contributed by atoms with Crippen LogP contribution in [0.5, 0.6) is 0 Å². The quantitative estimate of drug-likeness (QED) is 0.884. The zero-order valence-corrected chi connectivity index (χ0v) is 9.42. The lowest BCUT2D eigenvalue weighted by Crippen LogP contribution is -2.07. The molecule has 0 unspecified atom stereocenters. The fourth-order valence-corrected chi connectivity index (χ4v) is 2.14. The highest BCUT2D eigenvalue weighted by Gasteiger charge is 2.18. The summed E-state index contributed by atoms with van der Waals surface area (Å²) in [6.45, 7) is 0. The number of sulfone groups is 1. The van der Waals surface area contributed by atoms with Gasteiger partial charge in [-0.3, -0.25) is 0 Å². The first-order valence-electron chi connectivity index (χ1n) is 4.01. The average molecular weight is 260 g/mol. The van der Waals surface area contributed by atoms with Gasteiger partial charge in [-0.2, -0.15) is 5.26 Å². The lowest BCUT2D eigenvalue weighted by molar-refractivity contribution is 0.0697. The molecule has 0 aliphatic heterocycles. The van der Waals surface area contributed by atoms with Crippen molar-refractivity contribution in [3.05, 3.63) is 28.8 Å². The van der Waals surface area contributed by atoms with Crippen molar-refractivity contribution in [1.82, 2.24) is 0 Å². The third kappa shape index (κ3) is 2.51. The van der Waals surface area contributed by atoms with Gasteiger partial charge in [-0.15, -0.1) is 0 Å². The number of halogens is 1. The largest absolute Gasteiger partial charge is 0.478 e. The van der Waals surface area contributed by atoms with Crippen LogP contribution in [0.3, 0.4) is 0 Å². The first-order valence-corrected chi connectivity index (χ1v) is 6.04. The molecule has 1 rings (SSSR count). The summed E-state index contributed by atoms with van der Waals surface area (Å²) in [7, 11) is -3.77. The SMILES string of the molecule is N#CCS(=O)(=O)c1ccc(Cl)c(C(=O)O)c1. The van der Waals surface area contributed by atoms with Crippen LogP contribution in [0.4, 0.5) is 0 Å². The maximum atomic E-state index is 11.5. The molecule has 0 saturated heterocycles. The fraction of sp³-hybridized carbons (Fsp3) is 0.111. The minimum absolute atomic E-state index is 0.0524. The number of carbonyl (C=O) groups is 1. The van der Waals surface area contributed by atoms with Crippen LogP contribution in [0.15, 0.2) is 23.1 Å². The average Bonchev–Trinajstić information content (AvgIpc) is 2.17. The van der Waals surface area contributed by atoms with Crippen LogP contribution in [-0.2, 0) is 9.84 Å². The number of hydrogen-bond donors (Lipinski definition) is 1. The molecule has 0 spiro atoms. The minimum Gasteiger partial charge on any atom is -0.478 e. The molecule has 0 aliphatic carbocycles. The van der Waals surface area contributed by atoms with E-state index < -0.39 is 21.6 Å². The molecule has 1 N–H and O–H groups in total. The molecule has 84 valence electrons. The molecule has 0 atom stereocenters. The molecule has 0 aromatic heterocycles. The highest BCUT2D eigenvalue weighted by molar-refractivity contribution is 7.91. The predicted octanol–water partition coefficient (Wildman–Crippen LogP) is 1.34. The Bertz CT molecular complexity index is 574. The second kappa shape index (κ2) is 4.51. The van der Waals surface area contributed by atoms with Gasteiger partial charge in [0.1, 0.15) is 5.75 Å². The van der Waals surface area contributed by atoms with Gasteiger partial charge in [-0.1, -0.05) is 11.6 Å². The van der Waals surface area contributed by atoms with Crippen molar-refractivity contribution in [3.63, 3.8) is 0 Å². The van der Waals surface area contributed by atoms with E-state index in [1.165, 1.54) is 18.2 Å². The fourth-order valence-electron chi connectivity index (χ4n) is 1.03. The summed E-state index contributed by atoms with van der Waals surface area (Å²) in [5.74, 6) is -2.02. The van der Waals surface area contributed by atoms with Crippen LogP contribution in [0.2, 0.25) is 5.02 Å². The number of hydrogen-bond acceptors (Lipinski definition) is 4. The Morgan fingerprint density at radius 3 is 2.62 bits per heavy atom. The monoisotopic (exact) mass is 259 g/mol. The highest BCUT2D eigenvalue weighted by Crippen LogP contribution is 2.21. The lowest BCUT2D eigenvalue weighted by Gasteiger charge is -2.03. The van der Waals surface area contributed by atoms with E-state index in [0.717, 1.165) is 6.07 Å². The molecule has 16 heavy (non-hydrogen) atoms. The van der Waals surface area contributed by atoms with Crippen LogP contribution in [-0.4, -0.2) is 25.2 Å². The van der Waals surface area contributed by atoms with Crippen molar-refractivity contribution in [2.45, 2.75) is 4.90 Å². The zero-order chi connectivity index (χ0) is 12.3. The van der Waals surface area contributed by atoms with E-state index in [9.17, 15) is 13.2 Å². The molecule has 0 saturated carbocycles. The van der Waals surface area contributed by atoms with Gasteiger partial charge in [0.2, 0.25) is 0 Å². The molecular formula is C9H6ClNO4S. The van der Waals surface area contributed by atoms with Gasteiger partial charge in [-0.05, 0) is 18.2 Å². The highest BCUT2D eigenvalue weighted by atomic mass is 35.5. The standard InChI is InChI=1S/C9H6ClNO4S/c10-8-2-1-6(5-7(8)9(12)13)16(14,15)4-3-11/h1-2,5H,4H2,(H,12,13). The van der Waals surface area contributed by atoms with Crippen LogP contribution in [0.1, 0.15) is 10.4 Å². The number of rotatable bonds is 3. The Kier molecular flexibility index (Phi) is 3.52. The molecule has 0 aliphatic rings. The second-order valence-electron chi connectivity index (χ2n) is 2.86. The molecule has 0 amide bonds. The maximum Gasteiger partial charge on any atom is 0.337 e. The summed E-state index contributed by atoms with van der Waals surface area (Å²) in [5, 5.41) is 17.0. The van der Waals surface area contributed by atoms with E-state index in [2.05, 4.69) is 0 Å². The first kappa shape index (κ1) is 12.5. The molecule has 0 bridgehead atoms. The van der Waals surface area contributed by atoms with E-state index in [1.807, 2.05) is 0 Å². The van der Waals surface area contributed by atoms with Gasteiger partial charge in [0.25, 0.3) is 0 Å². The Morgan fingerprint density at radius 2 is 2.12 bits per heavy atom. The summed E-state index contributed by atoms with van der Waals surface area (Å²) in [5.41, 5.74) is -0.305. The topological polar surface area (TPSA) is 95.2 Å². The molecule has 5 nitrogen and oxygen atoms in total. The van der Waals surface area contributed by atoms with Gasteiger partial charge < -0.3 is 5.11 Å². The lowest BCUT2D eigenvalue weighted by atomic mass is 10.2. The Balaban J connectivity index is 3.35. The summed E-state index contributed by atoms with van der Waals surface area (Å²) in [6, 6.07) is 4.79. The van der Waals surface area contributed by atoms with E-state index in [0.29, 0.717) is 0 Å². The smallest absolute Gasteiger partial charge is 0.337 e. The zero-order valence-electron chi connectivity index (χ0n) is 7.84. The van der Waals surface area contributed by atoms with E-state index in [4.69, 9.17) is 22.0 Å². The van der Waals surface area contributed by atoms with E-state index in [1.54, 1.807) is 0 Å². The molecule has 1 aromatic carbocycles. The van der Waals surface area contributed by atoms with Crippen molar-refractivity contribution < 1.29 is 18.3 Å². The van der Waals surface area contributed by atoms with Crippen molar-refractivity contribution >= 4 is 27.4 Å². The normalized spacial score (nSPS) is 10.8. The Labute approximate surface area is 96.8 Å². The van der Waals surface area contributed by atoms with Gasteiger partial charge in [0.15, 0.2) is 9.84 Å². The molecule has 7 heteroatoms. The van der Waals surface area contributed by atoms with Crippen molar-refractivity contribution in [2.75, 3.05) is 5.75 Å². The minimum atomic E-state index is -3.77. The van der Waals surface area contributed by atoms with Crippen molar-refractivity contribution in [3.8, 4) is 6.07 Å². The summed E-state index contributed by atoms with van der Waals surface area (Å²) in [4.78, 5) is 10.5. The van der Waals surface area contributed by atoms with Crippen LogP contribution < -0.4 is 0 Å². The van der Waals surface area contributed by atoms with E-state index >= 15 is 0 Å².